The van der Waals surface area contributed by atoms with Crippen molar-refractivity contribution in [2.75, 3.05) is 6.54 Å². The third kappa shape index (κ3) is 4.53. The lowest BCUT2D eigenvalue weighted by molar-refractivity contribution is -0.139. The highest BCUT2D eigenvalue weighted by Crippen LogP contribution is 2.56. The van der Waals surface area contributed by atoms with E-state index < -0.39 is 16.1 Å². The van der Waals surface area contributed by atoms with Crippen LogP contribution in [0, 0.1) is 17.3 Å². The minimum Gasteiger partial charge on any atom is -0.481 e. The number of hydrogen-bond acceptors (Lipinski definition) is 4. The molecule has 3 atom stereocenters. The van der Waals surface area contributed by atoms with Gasteiger partial charge in [-0.2, -0.15) is 8.42 Å². The molecule has 3 rings (SSSR count). The fraction of sp³-hybridized carbons (Fsp3) is 0.562. The zero-order chi connectivity index (χ0) is 17.1. The van der Waals surface area contributed by atoms with Gasteiger partial charge in [-0.25, -0.2) is 0 Å². The van der Waals surface area contributed by atoms with Crippen LogP contribution >= 0.6 is 0 Å². The number of benzene rings is 1. The lowest BCUT2D eigenvalue weighted by Crippen LogP contribution is -2.30. The van der Waals surface area contributed by atoms with Gasteiger partial charge in [-0.15, -0.1) is 0 Å². The second kappa shape index (κ2) is 6.98. The van der Waals surface area contributed by atoms with Gasteiger partial charge in [0.25, 0.3) is 10.1 Å². The Morgan fingerprint density at radius 1 is 1.17 bits per heavy atom. The molecule has 2 saturated carbocycles. The van der Waals surface area contributed by atoms with Crippen LogP contribution in [0.4, 0.5) is 0 Å². The molecule has 0 spiro atoms. The number of carboxylic acids is 1. The molecule has 0 heterocycles. The number of rotatable bonds is 4. The maximum atomic E-state index is 10.7. The van der Waals surface area contributed by atoms with Gasteiger partial charge in [0.1, 0.15) is 0 Å². The van der Waals surface area contributed by atoms with Gasteiger partial charge in [-0.3, -0.25) is 9.35 Å². The first-order valence-electron chi connectivity index (χ1n) is 7.70. The fourth-order valence-corrected chi connectivity index (χ4v) is 4.17. The van der Waals surface area contributed by atoms with Gasteiger partial charge in [-0.05, 0) is 61.6 Å². The Labute approximate surface area is 136 Å². The quantitative estimate of drug-likeness (QED) is 0.722. The second-order valence-corrected chi connectivity index (χ2v) is 7.99. The standard InChI is InChI=1S/C10H17NO2.C6H6O3S/c11-6-10(5-9(12)13)3-7-1-2-8(7)4-10;7-10(8,9)6-4-2-1-3-5-6/h7-8H,1-6,11H2,(H,12,13);1-5H,(H,7,8,9)/t7-,8+,10?;. The Balaban J connectivity index is 0.000000174. The molecule has 0 bridgehead atoms. The van der Waals surface area contributed by atoms with Crippen molar-refractivity contribution in [3.63, 3.8) is 0 Å². The van der Waals surface area contributed by atoms with Crippen molar-refractivity contribution < 1.29 is 22.9 Å². The largest absolute Gasteiger partial charge is 0.481 e. The van der Waals surface area contributed by atoms with Crippen LogP contribution in [0.2, 0.25) is 0 Å². The summed E-state index contributed by atoms with van der Waals surface area (Å²) in [6.07, 6.45) is 4.98. The Kier molecular flexibility index (Phi) is 5.44. The van der Waals surface area contributed by atoms with Crippen LogP contribution in [0.25, 0.3) is 0 Å². The highest BCUT2D eigenvalue weighted by Gasteiger charge is 2.49. The molecule has 0 aromatic heterocycles. The minimum atomic E-state index is -4.00. The van der Waals surface area contributed by atoms with Gasteiger partial charge in [-0.1, -0.05) is 18.2 Å². The van der Waals surface area contributed by atoms with E-state index >= 15 is 0 Å². The third-order valence-corrected chi connectivity index (χ3v) is 5.83. The zero-order valence-corrected chi connectivity index (χ0v) is 13.7. The zero-order valence-electron chi connectivity index (χ0n) is 12.9. The molecule has 2 aliphatic carbocycles. The molecular weight excluding hydrogens is 318 g/mol. The van der Waals surface area contributed by atoms with Gasteiger partial charge in [0.2, 0.25) is 0 Å². The summed E-state index contributed by atoms with van der Waals surface area (Å²) in [5, 5.41) is 8.81. The van der Waals surface area contributed by atoms with Crippen molar-refractivity contribution in [1.29, 1.82) is 0 Å². The molecule has 0 saturated heterocycles. The van der Waals surface area contributed by atoms with Crippen molar-refractivity contribution in [2.45, 2.75) is 37.0 Å². The van der Waals surface area contributed by atoms with Crippen LogP contribution in [-0.4, -0.2) is 30.6 Å². The summed E-state index contributed by atoms with van der Waals surface area (Å²) in [7, 11) is -4.00. The maximum absolute atomic E-state index is 10.7. The van der Waals surface area contributed by atoms with Gasteiger partial charge in [0, 0.05) is 0 Å². The van der Waals surface area contributed by atoms with Crippen LogP contribution in [0.1, 0.15) is 32.1 Å². The summed E-state index contributed by atoms with van der Waals surface area (Å²) in [4.78, 5) is 10.6. The number of aliphatic carboxylic acids is 1. The summed E-state index contributed by atoms with van der Waals surface area (Å²) >= 11 is 0. The van der Waals surface area contributed by atoms with E-state index in [9.17, 15) is 13.2 Å². The van der Waals surface area contributed by atoms with Crippen LogP contribution in [-0.2, 0) is 14.9 Å². The minimum absolute atomic E-state index is 0.0579. The molecule has 0 amide bonds. The van der Waals surface area contributed by atoms with Crippen molar-refractivity contribution in [3.05, 3.63) is 30.3 Å². The van der Waals surface area contributed by atoms with Gasteiger partial charge in [0.05, 0.1) is 11.3 Å². The van der Waals surface area contributed by atoms with E-state index in [1.807, 2.05) is 0 Å². The van der Waals surface area contributed by atoms with Gasteiger partial charge >= 0.3 is 5.97 Å². The number of nitrogens with two attached hydrogens (primary N) is 1. The molecule has 128 valence electrons. The summed E-state index contributed by atoms with van der Waals surface area (Å²) in [6, 6.07) is 7.42. The first kappa shape index (κ1) is 17.9. The molecule has 4 N–H and O–H groups in total. The molecule has 1 unspecified atom stereocenters. The molecule has 6 nitrogen and oxygen atoms in total. The van der Waals surface area contributed by atoms with E-state index in [1.165, 1.54) is 25.0 Å². The summed E-state index contributed by atoms with van der Waals surface area (Å²) < 4.78 is 29.2. The summed E-state index contributed by atoms with van der Waals surface area (Å²) in [5.74, 6) is 0.901. The summed E-state index contributed by atoms with van der Waals surface area (Å²) in [6.45, 7) is 0.548. The van der Waals surface area contributed by atoms with Crippen molar-refractivity contribution >= 4 is 16.1 Å². The highest BCUT2D eigenvalue weighted by molar-refractivity contribution is 7.85. The molecular formula is C16H23NO5S. The first-order chi connectivity index (χ1) is 10.8. The molecule has 1 aromatic carbocycles. The Morgan fingerprint density at radius 3 is 2.00 bits per heavy atom. The maximum Gasteiger partial charge on any atom is 0.303 e. The van der Waals surface area contributed by atoms with Crippen LogP contribution in [0.3, 0.4) is 0 Å². The van der Waals surface area contributed by atoms with Crippen LogP contribution < -0.4 is 5.73 Å². The van der Waals surface area contributed by atoms with E-state index in [1.54, 1.807) is 18.2 Å². The van der Waals surface area contributed by atoms with Crippen molar-refractivity contribution in [1.82, 2.24) is 0 Å². The predicted molar refractivity (Wildman–Crippen MR) is 85.4 cm³/mol. The Hall–Kier alpha value is -1.44. The number of hydrogen-bond donors (Lipinski definition) is 3. The van der Waals surface area contributed by atoms with Crippen LogP contribution in [0.15, 0.2) is 35.2 Å². The molecule has 0 radical (unpaired) electrons. The van der Waals surface area contributed by atoms with E-state index in [0.717, 1.165) is 24.7 Å². The van der Waals surface area contributed by atoms with Gasteiger partial charge in [0.15, 0.2) is 0 Å². The van der Waals surface area contributed by atoms with E-state index in [2.05, 4.69) is 0 Å². The number of carboxylic acid groups (broad SMARTS) is 1. The molecule has 23 heavy (non-hydrogen) atoms. The monoisotopic (exact) mass is 341 g/mol. The average molecular weight is 341 g/mol. The van der Waals surface area contributed by atoms with E-state index in [0.29, 0.717) is 6.54 Å². The SMILES string of the molecule is NCC1(CC(=O)O)C[C@H]2CC[C@H]2C1.O=S(=O)(O)c1ccccc1. The number of fused-ring (bicyclic) bond motifs is 1. The predicted octanol–water partition coefficient (Wildman–Crippen LogP) is 2.16. The lowest BCUT2D eigenvalue weighted by Gasteiger charge is -2.29. The molecule has 2 fully saturated rings. The van der Waals surface area contributed by atoms with Crippen molar-refractivity contribution in [3.8, 4) is 0 Å². The Bertz CT molecular complexity index is 632. The van der Waals surface area contributed by atoms with Crippen LogP contribution in [0.5, 0.6) is 0 Å². The third-order valence-electron chi connectivity index (χ3n) is 4.97. The van der Waals surface area contributed by atoms with E-state index in [4.69, 9.17) is 15.4 Å². The molecule has 7 heteroatoms. The average Bonchev–Trinajstić information content (AvgIpc) is 2.72. The first-order valence-corrected chi connectivity index (χ1v) is 9.14. The fourth-order valence-electron chi connectivity index (χ4n) is 3.67. The molecule has 2 aliphatic rings. The molecule has 0 aliphatic heterocycles. The summed E-state index contributed by atoms with van der Waals surface area (Å²) in [5.41, 5.74) is 5.65. The topological polar surface area (TPSA) is 118 Å². The lowest BCUT2D eigenvalue weighted by atomic mass is 9.77. The molecule has 1 aromatic rings. The van der Waals surface area contributed by atoms with Crippen molar-refractivity contribution in [2.24, 2.45) is 23.0 Å². The normalized spacial score (nSPS) is 29.0. The smallest absolute Gasteiger partial charge is 0.303 e. The highest BCUT2D eigenvalue weighted by atomic mass is 32.2. The second-order valence-electron chi connectivity index (χ2n) is 6.57. The number of carbonyl (C=O) groups is 1. The van der Waals surface area contributed by atoms with Gasteiger partial charge < -0.3 is 10.8 Å². The Morgan fingerprint density at radius 2 is 1.70 bits per heavy atom. The van der Waals surface area contributed by atoms with E-state index in [-0.39, 0.29) is 16.7 Å².